The van der Waals surface area contributed by atoms with Crippen molar-refractivity contribution in [1.82, 2.24) is 0 Å². The predicted octanol–water partition coefficient (Wildman–Crippen LogP) is 1.78. The molecule has 1 heterocycles. The molecule has 0 spiro atoms. The van der Waals surface area contributed by atoms with E-state index >= 15 is 0 Å². The first kappa shape index (κ1) is 13.2. The van der Waals surface area contributed by atoms with E-state index in [1.807, 2.05) is 17.8 Å². The van der Waals surface area contributed by atoms with E-state index in [9.17, 15) is 4.79 Å². The highest BCUT2D eigenvalue weighted by Crippen LogP contribution is 2.30. The van der Waals surface area contributed by atoms with E-state index in [-0.39, 0.29) is 0 Å². The zero-order chi connectivity index (χ0) is 13.1. The predicted molar refractivity (Wildman–Crippen MR) is 74.5 cm³/mol. The van der Waals surface area contributed by atoms with Gasteiger partial charge in [-0.05, 0) is 31.0 Å². The molecule has 0 aromatic heterocycles. The van der Waals surface area contributed by atoms with Gasteiger partial charge in [-0.1, -0.05) is 6.07 Å². The average molecular weight is 266 g/mol. The van der Waals surface area contributed by atoms with Crippen molar-refractivity contribution >= 4 is 23.4 Å². The second kappa shape index (κ2) is 5.63. The summed E-state index contributed by atoms with van der Waals surface area (Å²) in [6, 6.07) is 5.25. The molecule has 1 saturated heterocycles. The van der Waals surface area contributed by atoms with E-state index in [1.54, 1.807) is 12.1 Å². The van der Waals surface area contributed by atoms with Crippen LogP contribution in [0.4, 0.5) is 5.69 Å². The number of amides is 1. The minimum Gasteiger partial charge on any atom is -0.398 e. The maximum absolute atomic E-state index is 11.0. The smallest absolute Gasteiger partial charge is 0.248 e. The number of hydrogen-bond acceptors (Lipinski definition) is 4. The third kappa shape index (κ3) is 2.97. The van der Waals surface area contributed by atoms with Gasteiger partial charge in [-0.25, -0.2) is 0 Å². The van der Waals surface area contributed by atoms with Crippen molar-refractivity contribution in [3.05, 3.63) is 29.3 Å². The van der Waals surface area contributed by atoms with Crippen molar-refractivity contribution in [3.8, 4) is 0 Å². The Bertz CT molecular complexity index is 451. The molecule has 18 heavy (non-hydrogen) atoms. The van der Waals surface area contributed by atoms with Gasteiger partial charge in [-0.15, -0.1) is 0 Å². The van der Waals surface area contributed by atoms with Crippen LogP contribution in [0.25, 0.3) is 0 Å². The van der Waals surface area contributed by atoms with E-state index in [0.717, 1.165) is 24.3 Å². The average Bonchev–Trinajstić information content (AvgIpc) is 2.73. The molecule has 1 amide bonds. The van der Waals surface area contributed by atoms with E-state index in [1.165, 1.54) is 0 Å². The van der Waals surface area contributed by atoms with Crippen LogP contribution in [0.5, 0.6) is 0 Å². The Morgan fingerprint density at radius 2 is 2.33 bits per heavy atom. The van der Waals surface area contributed by atoms with E-state index < -0.39 is 5.91 Å². The summed E-state index contributed by atoms with van der Waals surface area (Å²) < 4.78 is 5.52. The van der Waals surface area contributed by atoms with Crippen LogP contribution in [-0.2, 0) is 10.5 Å². The van der Waals surface area contributed by atoms with E-state index in [4.69, 9.17) is 16.2 Å². The summed E-state index contributed by atoms with van der Waals surface area (Å²) in [4.78, 5) is 11.0. The summed E-state index contributed by atoms with van der Waals surface area (Å²) in [5, 5.41) is 0.528. The third-order valence-electron chi connectivity index (χ3n) is 3.19. The number of anilines is 1. The lowest BCUT2D eigenvalue weighted by Crippen LogP contribution is -2.14. The number of primary amides is 1. The number of ether oxygens (including phenoxy) is 1. The van der Waals surface area contributed by atoms with Gasteiger partial charge < -0.3 is 16.2 Å². The van der Waals surface area contributed by atoms with Crippen molar-refractivity contribution in [2.75, 3.05) is 12.3 Å². The number of carbonyl (C=O) groups is 1. The van der Waals surface area contributed by atoms with Crippen LogP contribution < -0.4 is 11.5 Å². The van der Waals surface area contributed by atoms with Gasteiger partial charge in [0, 0.05) is 28.9 Å². The fourth-order valence-corrected chi connectivity index (χ4v) is 3.28. The van der Waals surface area contributed by atoms with Crippen LogP contribution in [0.15, 0.2) is 18.2 Å². The molecule has 0 bridgehead atoms. The van der Waals surface area contributed by atoms with Gasteiger partial charge in [0.2, 0.25) is 5.91 Å². The normalized spacial score (nSPS) is 23.2. The number of nitrogen functional groups attached to an aromatic ring is 1. The van der Waals surface area contributed by atoms with Crippen LogP contribution in [0.1, 0.15) is 29.3 Å². The van der Waals surface area contributed by atoms with Gasteiger partial charge >= 0.3 is 0 Å². The molecule has 1 aliphatic rings. The zero-order valence-corrected chi connectivity index (χ0v) is 11.2. The highest BCUT2D eigenvalue weighted by molar-refractivity contribution is 7.99. The molecule has 98 valence electrons. The number of thioether (sulfide) groups is 1. The monoisotopic (exact) mass is 266 g/mol. The first-order valence-corrected chi connectivity index (χ1v) is 7.04. The van der Waals surface area contributed by atoms with Gasteiger partial charge in [0.25, 0.3) is 0 Å². The molecule has 2 unspecified atom stereocenters. The Hall–Kier alpha value is -1.20. The molecule has 1 aromatic rings. The number of benzene rings is 1. The number of nitrogens with two attached hydrogens (primary N) is 2. The van der Waals surface area contributed by atoms with Crippen LogP contribution in [0.3, 0.4) is 0 Å². The minimum atomic E-state index is -0.446. The molecular formula is C13H18N2O2S. The summed E-state index contributed by atoms with van der Waals surface area (Å²) in [6.07, 6.45) is 1.39. The minimum absolute atomic E-state index is 0.307. The first-order chi connectivity index (χ1) is 8.58. The van der Waals surface area contributed by atoms with Crippen LogP contribution >= 0.6 is 11.8 Å². The van der Waals surface area contributed by atoms with Crippen LogP contribution in [0.2, 0.25) is 0 Å². The lowest BCUT2D eigenvalue weighted by molar-refractivity contribution is 0.100. The van der Waals surface area contributed by atoms with Crippen LogP contribution in [-0.4, -0.2) is 23.9 Å². The molecule has 0 aliphatic carbocycles. The summed E-state index contributed by atoms with van der Waals surface area (Å²) in [6.45, 7) is 2.94. The lowest BCUT2D eigenvalue weighted by atomic mass is 10.1. The summed E-state index contributed by atoms with van der Waals surface area (Å²) >= 11 is 1.85. The molecule has 4 N–H and O–H groups in total. The highest BCUT2D eigenvalue weighted by atomic mass is 32.2. The third-order valence-corrected chi connectivity index (χ3v) is 4.71. The zero-order valence-electron chi connectivity index (χ0n) is 10.4. The highest BCUT2D eigenvalue weighted by Gasteiger charge is 2.24. The molecule has 0 radical (unpaired) electrons. The molecular weight excluding hydrogens is 248 g/mol. The van der Waals surface area contributed by atoms with E-state index in [2.05, 4.69) is 6.92 Å². The summed E-state index contributed by atoms with van der Waals surface area (Å²) in [7, 11) is 0. The van der Waals surface area contributed by atoms with Crippen molar-refractivity contribution in [3.63, 3.8) is 0 Å². The Labute approximate surface area is 111 Å². The largest absolute Gasteiger partial charge is 0.398 e. The Morgan fingerprint density at radius 1 is 1.56 bits per heavy atom. The second-order valence-electron chi connectivity index (χ2n) is 4.49. The molecule has 2 atom stereocenters. The number of carbonyl (C=O) groups excluding carboxylic acids is 1. The standard InChI is InChI=1S/C13H18N2O2S/c1-8-12(4-5-17-8)18-7-10-3-2-9(13(15)16)6-11(10)14/h2-3,6,8,12H,4-5,7,14H2,1H3,(H2,15,16). The molecule has 1 fully saturated rings. The molecule has 0 saturated carbocycles. The Morgan fingerprint density at radius 3 is 2.89 bits per heavy atom. The van der Waals surface area contributed by atoms with Gasteiger partial charge in [0.15, 0.2) is 0 Å². The summed E-state index contributed by atoms with van der Waals surface area (Å²) in [5.41, 5.74) is 13.3. The van der Waals surface area contributed by atoms with E-state index in [0.29, 0.717) is 22.6 Å². The topological polar surface area (TPSA) is 78.3 Å². The maximum atomic E-state index is 11.0. The van der Waals surface area contributed by atoms with Crippen molar-refractivity contribution in [2.24, 2.45) is 5.73 Å². The lowest BCUT2D eigenvalue weighted by Gasteiger charge is -2.14. The molecule has 5 heteroatoms. The fraction of sp³-hybridized carbons (Fsp3) is 0.462. The van der Waals surface area contributed by atoms with Crippen molar-refractivity contribution in [2.45, 2.75) is 30.5 Å². The molecule has 2 rings (SSSR count). The van der Waals surface area contributed by atoms with Crippen molar-refractivity contribution in [1.29, 1.82) is 0 Å². The summed E-state index contributed by atoms with van der Waals surface area (Å²) in [5.74, 6) is 0.391. The van der Waals surface area contributed by atoms with Gasteiger partial charge in [0.05, 0.1) is 6.10 Å². The molecule has 1 aromatic carbocycles. The van der Waals surface area contributed by atoms with Gasteiger partial charge in [-0.2, -0.15) is 11.8 Å². The van der Waals surface area contributed by atoms with Crippen molar-refractivity contribution < 1.29 is 9.53 Å². The quantitative estimate of drug-likeness (QED) is 0.814. The molecule has 1 aliphatic heterocycles. The number of hydrogen-bond donors (Lipinski definition) is 2. The van der Waals surface area contributed by atoms with Gasteiger partial charge in [-0.3, -0.25) is 4.79 Å². The first-order valence-electron chi connectivity index (χ1n) is 5.99. The van der Waals surface area contributed by atoms with Gasteiger partial charge in [0.1, 0.15) is 0 Å². The fourth-order valence-electron chi connectivity index (χ4n) is 2.01. The second-order valence-corrected chi connectivity index (χ2v) is 5.72. The SMILES string of the molecule is CC1OCCC1SCc1ccc(C(N)=O)cc1N. The Kier molecular flexibility index (Phi) is 4.14. The molecule has 4 nitrogen and oxygen atoms in total. The Balaban J connectivity index is 1.99. The number of rotatable bonds is 4. The maximum Gasteiger partial charge on any atom is 0.248 e. The van der Waals surface area contributed by atoms with Crippen LogP contribution in [0, 0.1) is 0 Å².